The molecule has 1 aromatic carbocycles. The van der Waals surface area contributed by atoms with Crippen LogP contribution in [-0.4, -0.2) is 33.9 Å². The molecule has 2 aliphatic heterocycles. The van der Waals surface area contributed by atoms with Crippen LogP contribution >= 0.6 is 0 Å². The van der Waals surface area contributed by atoms with Gasteiger partial charge in [-0.25, -0.2) is 9.97 Å². The molecule has 1 saturated heterocycles. The van der Waals surface area contributed by atoms with Gasteiger partial charge in [-0.15, -0.1) is 0 Å². The van der Waals surface area contributed by atoms with Crippen molar-refractivity contribution in [2.45, 2.75) is 38.9 Å². The maximum Gasteiger partial charge on any atom is 0.222 e. The molecule has 0 N–H and O–H groups in total. The van der Waals surface area contributed by atoms with Gasteiger partial charge in [0.15, 0.2) is 5.82 Å². The topological polar surface area (TPSA) is 55.3 Å². The van der Waals surface area contributed by atoms with Gasteiger partial charge >= 0.3 is 0 Å². The number of rotatable bonds is 4. The maximum absolute atomic E-state index is 12.3. The highest BCUT2D eigenvalue weighted by atomic mass is 16.5. The summed E-state index contributed by atoms with van der Waals surface area (Å²) in [6, 6.07) is 9.96. The average Bonchev–Trinajstić information content (AvgIpc) is 2.98. The smallest absolute Gasteiger partial charge is 0.222 e. The SMILES string of the molecule is CC(C)CCC(=O)N1CC2(C1)OCc1nc(-c3ccccc3)ncc12. The minimum atomic E-state index is -0.391. The second-order valence-corrected chi connectivity index (χ2v) is 7.39. The van der Waals surface area contributed by atoms with Crippen LogP contribution in [0.4, 0.5) is 0 Å². The molecule has 1 aromatic heterocycles. The van der Waals surface area contributed by atoms with E-state index in [4.69, 9.17) is 9.72 Å². The molecule has 5 heteroatoms. The lowest BCUT2D eigenvalue weighted by Gasteiger charge is -2.47. The minimum absolute atomic E-state index is 0.221. The van der Waals surface area contributed by atoms with E-state index in [9.17, 15) is 4.79 Å². The first-order valence-electron chi connectivity index (χ1n) is 8.91. The first-order valence-corrected chi connectivity index (χ1v) is 8.91. The van der Waals surface area contributed by atoms with Crippen LogP contribution in [0.1, 0.15) is 37.9 Å². The summed E-state index contributed by atoms with van der Waals surface area (Å²) in [4.78, 5) is 23.4. The fourth-order valence-corrected chi connectivity index (χ4v) is 3.50. The third-order valence-electron chi connectivity index (χ3n) is 5.06. The molecular weight excluding hydrogens is 314 g/mol. The van der Waals surface area contributed by atoms with Crippen LogP contribution in [-0.2, 0) is 21.7 Å². The highest BCUT2D eigenvalue weighted by Crippen LogP contribution is 2.43. The van der Waals surface area contributed by atoms with Crippen LogP contribution < -0.4 is 0 Å². The monoisotopic (exact) mass is 337 g/mol. The molecule has 25 heavy (non-hydrogen) atoms. The van der Waals surface area contributed by atoms with Gasteiger partial charge in [0, 0.05) is 23.7 Å². The molecule has 4 rings (SSSR count). The lowest BCUT2D eigenvalue weighted by molar-refractivity contribution is -0.168. The predicted molar refractivity (Wildman–Crippen MR) is 94.6 cm³/mol. The number of carbonyl (C=O) groups excluding carboxylic acids is 1. The molecule has 130 valence electrons. The van der Waals surface area contributed by atoms with Gasteiger partial charge in [-0.2, -0.15) is 0 Å². The molecule has 0 aliphatic carbocycles. The molecule has 0 bridgehead atoms. The molecule has 3 heterocycles. The van der Waals surface area contributed by atoms with Gasteiger partial charge in [-0.3, -0.25) is 4.79 Å². The molecule has 0 radical (unpaired) electrons. The maximum atomic E-state index is 12.3. The van der Waals surface area contributed by atoms with Crippen molar-refractivity contribution in [2.75, 3.05) is 13.1 Å². The average molecular weight is 337 g/mol. The summed E-state index contributed by atoms with van der Waals surface area (Å²) in [5, 5.41) is 0. The Hall–Kier alpha value is -2.27. The van der Waals surface area contributed by atoms with E-state index in [1.165, 1.54) is 0 Å². The molecule has 1 amide bonds. The van der Waals surface area contributed by atoms with Gasteiger partial charge < -0.3 is 9.64 Å². The van der Waals surface area contributed by atoms with E-state index in [-0.39, 0.29) is 5.91 Å². The van der Waals surface area contributed by atoms with Gasteiger partial charge in [0.2, 0.25) is 5.91 Å². The highest BCUT2D eigenvalue weighted by Gasteiger charge is 2.52. The fraction of sp³-hybridized carbons (Fsp3) is 0.450. The van der Waals surface area contributed by atoms with Crippen molar-refractivity contribution in [3.63, 3.8) is 0 Å². The Morgan fingerprint density at radius 3 is 2.76 bits per heavy atom. The zero-order chi connectivity index (χ0) is 17.4. The lowest BCUT2D eigenvalue weighted by Crippen LogP contribution is -2.61. The Labute approximate surface area is 148 Å². The number of nitrogens with zero attached hydrogens (tertiary/aromatic N) is 3. The van der Waals surface area contributed by atoms with Crippen LogP contribution in [0.25, 0.3) is 11.4 Å². The molecule has 0 saturated carbocycles. The van der Waals surface area contributed by atoms with Crippen LogP contribution in [0.3, 0.4) is 0 Å². The Bertz CT molecular complexity index is 783. The molecule has 2 aromatic rings. The van der Waals surface area contributed by atoms with Crippen molar-refractivity contribution in [1.29, 1.82) is 0 Å². The van der Waals surface area contributed by atoms with E-state index in [2.05, 4.69) is 18.8 Å². The summed E-state index contributed by atoms with van der Waals surface area (Å²) < 4.78 is 6.05. The number of carbonyl (C=O) groups is 1. The molecular formula is C20H23N3O2. The first-order chi connectivity index (χ1) is 12.1. The number of benzene rings is 1. The van der Waals surface area contributed by atoms with Crippen molar-refractivity contribution in [1.82, 2.24) is 14.9 Å². The summed E-state index contributed by atoms with van der Waals surface area (Å²) in [5.41, 5.74) is 2.60. The Kier molecular flexibility index (Phi) is 4.04. The zero-order valence-electron chi connectivity index (χ0n) is 14.7. The van der Waals surface area contributed by atoms with Gasteiger partial charge in [0.1, 0.15) is 5.60 Å². The van der Waals surface area contributed by atoms with Crippen LogP contribution in [0, 0.1) is 5.92 Å². The van der Waals surface area contributed by atoms with E-state index in [0.717, 1.165) is 29.1 Å². The summed E-state index contributed by atoms with van der Waals surface area (Å²) in [6.45, 7) is 6.01. The molecule has 2 aliphatic rings. The van der Waals surface area contributed by atoms with Crippen LogP contribution in [0.2, 0.25) is 0 Å². The minimum Gasteiger partial charge on any atom is -0.360 e. The number of hydrogen-bond acceptors (Lipinski definition) is 4. The number of hydrogen-bond donors (Lipinski definition) is 0. The second kappa shape index (κ2) is 6.23. The van der Waals surface area contributed by atoms with E-state index in [1.54, 1.807) is 0 Å². The highest BCUT2D eigenvalue weighted by molar-refractivity contribution is 5.77. The first kappa shape index (κ1) is 16.2. The number of ether oxygens (including phenoxy) is 1. The van der Waals surface area contributed by atoms with Gasteiger partial charge in [0.05, 0.1) is 25.4 Å². The lowest BCUT2D eigenvalue weighted by atomic mass is 9.87. The normalized spacial score (nSPS) is 17.6. The molecule has 0 atom stereocenters. The number of amides is 1. The molecule has 1 spiro atoms. The second-order valence-electron chi connectivity index (χ2n) is 7.39. The number of likely N-dealkylation sites (tertiary alicyclic amines) is 1. The Morgan fingerprint density at radius 1 is 1.28 bits per heavy atom. The summed E-state index contributed by atoms with van der Waals surface area (Å²) in [7, 11) is 0. The van der Waals surface area contributed by atoms with Crippen molar-refractivity contribution in [3.05, 3.63) is 47.8 Å². The Balaban J connectivity index is 1.48. The summed E-state index contributed by atoms with van der Waals surface area (Å²) >= 11 is 0. The van der Waals surface area contributed by atoms with E-state index in [1.807, 2.05) is 41.4 Å². The number of aromatic nitrogens is 2. The van der Waals surface area contributed by atoms with Crippen molar-refractivity contribution >= 4 is 5.91 Å². The largest absolute Gasteiger partial charge is 0.360 e. The van der Waals surface area contributed by atoms with Crippen molar-refractivity contribution in [3.8, 4) is 11.4 Å². The van der Waals surface area contributed by atoms with Crippen molar-refractivity contribution in [2.24, 2.45) is 5.92 Å². The van der Waals surface area contributed by atoms with Crippen molar-refractivity contribution < 1.29 is 9.53 Å². The predicted octanol–water partition coefficient (Wildman–Crippen LogP) is 3.15. The van der Waals surface area contributed by atoms with Gasteiger partial charge in [-0.1, -0.05) is 44.2 Å². The molecule has 5 nitrogen and oxygen atoms in total. The number of fused-ring (bicyclic) bond motifs is 2. The fourth-order valence-electron chi connectivity index (χ4n) is 3.50. The molecule has 0 unspecified atom stereocenters. The van der Waals surface area contributed by atoms with Gasteiger partial charge in [-0.05, 0) is 12.3 Å². The third-order valence-corrected chi connectivity index (χ3v) is 5.06. The standard InChI is InChI=1S/C20H23N3O2/c1-14(2)8-9-18(24)23-12-20(13-23)16-10-21-19(22-17(16)11-25-20)15-6-4-3-5-7-15/h3-7,10,14H,8-9,11-13H2,1-2H3. The summed E-state index contributed by atoms with van der Waals surface area (Å²) in [6.07, 6.45) is 3.43. The Morgan fingerprint density at radius 2 is 2.04 bits per heavy atom. The van der Waals surface area contributed by atoms with Gasteiger partial charge in [0.25, 0.3) is 0 Å². The summed E-state index contributed by atoms with van der Waals surface area (Å²) in [5.74, 6) is 1.50. The third kappa shape index (κ3) is 2.93. The van der Waals surface area contributed by atoms with E-state index < -0.39 is 5.60 Å². The quantitative estimate of drug-likeness (QED) is 0.860. The van der Waals surface area contributed by atoms with Crippen LogP contribution in [0.15, 0.2) is 36.5 Å². The zero-order valence-corrected chi connectivity index (χ0v) is 14.7. The van der Waals surface area contributed by atoms with E-state index >= 15 is 0 Å². The van der Waals surface area contributed by atoms with Crippen LogP contribution in [0.5, 0.6) is 0 Å². The van der Waals surface area contributed by atoms with E-state index in [0.29, 0.717) is 32.0 Å². The molecule has 1 fully saturated rings.